The van der Waals surface area contributed by atoms with Crippen molar-refractivity contribution in [1.82, 2.24) is 0 Å². The maximum absolute atomic E-state index is 15.4. The highest BCUT2D eigenvalue weighted by Gasteiger charge is 2.72. The van der Waals surface area contributed by atoms with Crippen LogP contribution in [0, 0.1) is 46.5 Å². The molecule has 6 aromatic carbocycles. The van der Waals surface area contributed by atoms with Crippen molar-refractivity contribution in [2.45, 2.75) is 96.0 Å². The average molecular weight is 1020 g/mol. The molecule has 0 heterocycles. The summed E-state index contributed by atoms with van der Waals surface area (Å²) in [5, 5.41) is 0. The summed E-state index contributed by atoms with van der Waals surface area (Å²) in [6.45, 7) is 9.72. The average Bonchev–Trinajstić information content (AvgIpc) is 3.29. The second-order valence-corrected chi connectivity index (χ2v) is 17.9. The summed E-state index contributed by atoms with van der Waals surface area (Å²) in [6, 6.07) is 12.9. The van der Waals surface area contributed by atoms with E-state index in [4.69, 9.17) is 14.2 Å². The fourth-order valence-electron chi connectivity index (χ4n) is 8.47. The number of alkyl halides is 6. The Bertz CT molecular complexity index is 2910. The lowest BCUT2D eigenvalue weighted by atomic mass is 9.73. The molecular weight excluding hydrogens is 983 g/mol. The zero-order valence-electron chi connectivity index (χ0n) is 38.9. The minimum atomic E-state index is -6.03. The summed E-state index contributed by atoms with van der Waals surface area (Å²) < 4.78 is 227. The van der Waals surface area contributed by atoms with E-state index >= 15 is 35.1 Å². The number of carbonyl (C=O) groups is 2. The Morgan fingerprint density at radius 2 is 0.764 bits per heavy atom. The number of ether oxygens (including phenoxy) is 3. The van der Waals surface area contributed by atoms with Crippen LogP contribution in [-0.2, 0) is 10.8 Å². The molecule has 0 saturated heterocycles. The lowest BCUT2D eigenvalue weighted by Gasteiger charge is -2.38. The molecule has 6 aromatic rings. The molecule has 0 aliphatic carbocycles. The zero-order chi connectivity index (χ0) is 53.5. The smallest absolute Gasteiger partial charge is 0.411 e. The molecule has 0 N–H and O–H groups in total. The van der Waals surface area contributed by atoms with Gasteiger partial charge in [-0.25, -0.2) is 26.3 Å². The van der Waals surface area contributed by atoms with Crippen LogP contribution in [0.2, 0.25) is 0 Å². The summed E-state index contributed by atoms with van der Waals surface area (Å²) >= 11 is 0. The largest absolute Gasteiger partial charge is 0.488 e. The van der Waals surface area contributed by atoms with Crippen molar-refractivity contribution in [2.24, 2.45) is 0 Å². The van der Waals surface area contributed by atoms with E-state index in [1.165, 1.54) is 13.8 Å². The van der Waals surface area contributed by atoms with Gasteiger partial charge in [0.15, 0.2) is 46.5 Å². The van der Waals surface area contributed by atoms with Gasteiger partial charge < -0.3 is 14.2 Å². The van der Waals surface area contributed by atoms with Crippen molar-refractivity contribution in [1.29, 1.82) is 0 Å². The molecule has 0 fully saturated rings. The molecule has 382 valence electrons. The molecule has 0 radical (unpaired) electrons. The first-order valence-electron chi connectivity index (χ1n) is 21.9. The standard InChI is InChI=1S/C53H42F14O5/c1-7-25-49(3,4)37-42(58)38(54)35(39(55)43(37)59)46(68)27-9-17-31(18-10-27)70-32-19-11-28(12-20-32)47(69)36-40(56)44(60)48(45(61)41(36)57)71-33-21-13-29(14-22-33)51(52(62,63)64,53(65,66)67)30-15-23-34(24-16-30)72-50(5,6)26-8-2/h9-24H,7-8,25-26H2,1-6H3. The van der Waals surface area contributed by atoms with Crippen molar-refractivity contribution in [3.8, 4) is 28.7 Å². The molecule has 6 rings (SSSR count). The first kappa shape index (κ1) is 54.4. The maximum Gasteiger partial charge on any atom is 0.411 e. The summed E-state index contributed by atoms with van der Waals surface area (Å²) in [7, 11) is 0. The highest BCUT2D eigenvalue weighted by atomic mass is 19.4. The van der Waals surface area contributed by atoms with Crippen LogP contribution in [0.3, 0.4) is 0 Å². The number of rotatable bonds is 17. The van der Waals surface area contributed by atoms with Crippen LogP contribution < -0.4 is 14.2 Å². The number of ketones is 2. The minimum Gasteiger partial charge on any atom is -0.488 e. The third-order valence-corrected chi connectivity index (χ3v) is 11.9. The van der Waals surface area contributed by atoms with Gasteiger partial charge in [0.05, 0.1) is 0 Å². The van der Waals surface area contributed by atoms with Gasteiger partial charge in [0.25, 0.3) is 0 Å². The molecule has 5 nitrogen and oxygen atoms in total. The Morgan fingerprint density at radius 3 is 1.12 bits per heavy atom. The Kier molecular flexibility index (Phi) is 15.3. The van der Waals surface area contributed by atoms with Gasteiger partial charge in [0.2, 0.25) is 22.8 Å². The molecule has 0 aliphatic heterocycles. The fourth-order valence-corrected chi connectivity index (χ4v) is 8.47. The van der Waals surface area contributed by atoms with Gasteiger partial charge >= 0.3 is 12.4 Å². The van der Waals surface area contributed by atoms with Crippen LogP contribution in [0.5, 0.6) is 28.7 Å². The van der Waals surface area contributed by atoms with Crippen LogP contribution in [0.4, 0.5) is 61.5 Å². The Labute approximate surface area is 403 Å². The van der Waals surface area contributed by atoms with Crippen molar-refractivity contribution in [3.63, 3.8) is 0 Å². The molecule has 0 amide bonds. The number of carbonyl (C=O) groups excluding carboxylic acids is 2. The molecular formula is C53H42F14O5. The lowest BCUT2D eigenvalue weighted by Crippen LogP contribution is -2.54. The Morgan fingerprint density at radius 1 is 0.431 bits per heavy atom. The Balaban J connectivity index is 1.20. The fraction of sp³-hybridized carbons (Fsp3) is 0.283. The maximum atomic E-state index is 15.4. The van der Waals surface area contributed by atoms with Crippen molar-refractivity contribution in [3.05, 3.63) is 183 Å². The van der Waals surface area contributed by atoms with E-state index in [1.807, 2.05) is 6.92 Å². The van der Waals surface area contributed by atoms with Gasteiger partial charge in [-0.2, -0.15) is 35.1 Å². The summed E-state index contributed by atoms with van der Waals surface area (Å²) in [5.41, 5.74) is -14.5. The molecule has 0 aliphatic rings. The van der Waals surface area contributed by atoms with E-state index < -0.39 is 137 Å². The minimum absolute atomic E-state index is 0.00931. The molecule has 0 unspecified atom stereocenters. The van der Waals surface area contributed by atoms with Gasteiger partial charge in [0.1, 0.15) is 39.7 Å². The van der Waals surface area contributed by atoms with E-state index in [1.54, 1.807) is 20.8 Å². The third-order valence-electron chi connectivity index (χ3n) is 11.9. The van der Waals surface area contributed by atoms with Gasteiger partial charge in [0, 0.05) is 16.7 Å². The SMILES string of the molecule is CCCC(C)(C)Oc1ccc(C(c2ccc(Oc3c(F)c(F)c(C(=O)c4ccc(Oc5ccc(C(=O)c6c(F)c(F)c(C(C)(C)CCC)c(F)c6F)cc5)cc4)c(F)c3F)cc2)(C(F)(F)F)C(F)(F)F)cc1. The monoisotopic (exact) mass is 1020 g/mol. The number of hydrogen-bond acceptors (Lipinski definition) is 5. The summed E-state index contributed by atoms with van der Waals surface area (Å²) in [6.07, 6.45) is -10.3. The zero-order valence-corrected chi connectivity index (χ0v) is 38.9. The van der Waals surface area contributed by atoms with Gasteiger partial charge in [-0.3, -0.25) is 9.59 Å². The second-order valence-electron chi connectivity index (χ2n) is 17.9. The van der Waals surface area contributed by atoms with Crippen LogP contribution >= 0.6 is 0 Å². The molecule has 0 atom stereocenters. The van der Waals surface area contributed by atoms with Crippen molar-refractivity contribution in [2.75, 3.05) is 0 Å². The van der Waals surface area contributed by atoms with Crippen LogP contribution in [-0.4, -0.2) is 29.5 Å². The van der Waals surface area contributed by atoms with E-state index in [0.717, 1.165) is 60.7 Å². The molecule has 0 saturated carbocycles. The topological polar surface area (TPSA) is 61.8 Å². The Hall–Kier alpha value is -6.92. The quantitative estimate of drug-likeness (QED) is 0.0517. The number of halogens is 14. The normalized spacial score (nSPS) is 12.5. The van der Waals surface area contributed by atoms with Gasteiger partial charge in [-0.15, -0.1) is 0 Å². The third kappa shape index (κ3) is 10.2. The van der Waals surface area contributed by atoms with Crippen LogP contribution in [0.15, 0.2) is 97.1 Å². The predicted molar refractivity (Wildman–Crippen MR) is 236 cm³/mol. The van der Waals surface area contributed by atoms with Gasteiger partial charge in [-0.05, 0) is 116 Å². The molecule has 19 heteroatoms. The van der Waals surface area contributed by atoms with Gasteiger partial charge in [-0.1, -0.05) is 64.8 Å². The summed E-state index contributed by atoms with van der Waals surface area (Å²) in [4.78, 5) is 26.3. The van der Waals surface area contributed by atoms with Crippen molar-refractivity contribution < 1.29 is 85.3 Å². The molecule has 0 aromatic heterocycles. The lowest BCUT2D eigenvalue weighted by molar-refractivity contribution is -0.288. The molecule has 0 spiro atoms. The summed E-state index contributed by atoms with van der Waals surface area (Å²) in [5.74, 6) is -22.1. The molecule has 0 bridgehead atoms. The van der Waals surface area contributed by atoms with E-state index in [-0.39, 0.29) is 23.7 Å². The number of benzene rings is 6. The predicted octanol–water partition coefficient (Wildman–Crippen LogP) is 16.3. The van der Waals surface area contributed by atoms with Crippen molar-refractivity contribution >= 4 is 11.6 Å². The van der Waals surface area contributed by atoms with E-state index in [2.05, 4.69) is 0 Å². The van der Waals surface area contributed by atoms with E-state index in [9.17, 15) is 35.9 Å². The number of hydrogen-bond donors (Lipinski definition) is 0. The first-order chi connectivity index (χ1) is 33.5. The van der Waals surface area contributed by atoms with E-state index in [0.29, 0.717) is 55.7 Å². The second kappa shape index (κ2) is 20.3. The van der Waals surface area contributed by atoms with Crippen LogP contribution in [0.1, 0.15) is 116 Å². The highest BCUT2D eigenvalue weighted by molar-refractivity contribution is 6.10. The van der Waals surface area contributed by atoms with Crippen LogP contribution in [0.25, 0.3) is 0 Å². The first-order valence-corrected chi connectivity index (χ1v) is 21.9. The highest BCUT2D eigenvalue weighted by Crippen LogP contribution is 2.56. The molecule has 72 heavy (non-hydrogen) atoms.